The van der Waals surface area contributed by atoms with Crippen LogP contribution in [0, 0.1) is 0 Å². The Balaban J connectivity index is 3.06. The quantitative estimate of drug-likeness (QED) is 0.267. The molecule has 2 amide bonds. The van der Waals surface area contributed by atoms with Crippen molar-refractivity contribution in [3.05, 3.63) is 11.8 Å². The van der Waals surface area contributed by atoms with Crippen LogP contribution in [-0.4, -0.2) is 76.1 Å². The average molecular weight is 304 g/mol. The first-order valence-electron chi connectivity index (χ1n) is 5.74. The van der Waals surface area contributed by atoms with Crippen LogP contribution in [0.2, 0.25) is 0 Å². The van der Waals surface area contributed by atoms with Gasteiger partial charge in [-0.2, -0.15) is 0 Å². The van der Waals surface area contributed by atoms with Gasteiger partial charge >= 0.3 is 6.03 Å². The summed E-state index contributed by atoms with van der Waals surface area (Å²) in [4.78, 5) is 23.4. The fourth-order valence-electron chi connectivity index (χ4n) is 1.74. The Hall–Kier alpha value is -1.39. The van der Waals surface area contributed by atoms with Gasteiger partial charge in [0.1, 0.15) is 18.3 Å². The van der Waals surface area contributed by atoms with Crippen molar-refractivity contribution in [2.75, 3.05) is 13.7 Å². The van der Waals surface area contributed by atoms with E-state index in [-0.39, 0.29) is 5.57 Å². The molecule has 4 atom stereocenters. The number of nitrogens with zero attached hydrogens (tertiary/aromatic N) is 1. The van der Waals surface area contributed by atoms with Crippen molar-refractivity contribution < 1.29 is 29.6 Å². The minimum absolute atomic E-state index is 0.0151. The van der Waals surface area contributed by atoms with Gasteiger partial charge in [0.15, 0.2) is 12.5 Å². The van der Waals surface area contributed by atoms with Gasteiger partial charge in [-0.15, -0.1) is 0 Å². The van der Waals surface area contributed by atoms with Crippen molar-refractivity contribution in [3.63, 3.8) is 0 Å². The molecule has 0 aliphatic carbocycles. The summed E-state index contributed by atoms with van der Waals surface area (Å²) in [6, 6.07) is -0.670. The average Bonchev–Trinajstić information content (AvgIpc) is 2.75. The van der Waals surface area contributed by atoms with Gasteiger partial charge < -0.3 is 25.4 Å². The van der Waals surface area contributed by atoms with Gasteiger partial charge in [-0.3, -0.25) is 9.69 Å². The monoisotopic (exact) mass is 304 g/mol. The lowest BCUT2D eigenvalue weighted by atomic mass is 10.1. The van der Waals surface area contributed by atoms with Crippen molar-refractivity contribution >= 4 is 29.9 Å². The Labute approximate surface area is 120 Å². The lowest BCUT2D eigenvalue weighted by Crippen LogP contribution is -2.47. The van der Waals surface area contributed by atoms with E-state index in [1.807, 2.05) is 0 Å². The number of thiocarbonyl (C=S) groups is 1. The molecule has 1 heterocycles. The highest BCUT2D eigenvalue weighted by atomic mass is 32.1. The standard InChI is InChI=1S/C11H16N2O6S/c1-12-11(18)13(2-6(3-14)5-20)10-9(17)8(16)7(4-15)19-10/h2-3,5,7-10,15-17H,4H2,1H3,(H,12,18)/b6-2-/t7-,8-,9-,10-/m1/s1. The van der Waals surface area contributed by atoms with Crippen LogP contribution in [0.4, 0.5) is 4.79 Å². The van der Waals surface area contributed by atoms with Crippen molar-refractivity contribution in [3.8, 4) is 0 Å². The Kier molecular flexibility index (Phi) is 6.17. The van der Waals surface area contributed by atoms with Gasteiger partial charge in [-0.05, 0) is 0 Å². The SMILES string of the molecule is CNC(=O)N(/C=C(/C=O)C=S)[C@@H]1O[C@H](CO)[C@@H](O)[C@H]1O. The Morgan fingerprint density at radius 1 is 1.45 bits per heavy atom. The number of urea groups is 1. The maximum atomic E-state index is 11.8. The predicted octanol–water partition coefficient (Wildman–Crippen LogP) is -1.85. The molecule has 0 radical (unpaired) electrons. The third-order valence-corrected chi connectivity index (χ3v) is 3.07. The van der Waals surface area contributed by atoms with Crippen LogP contribution in [0.25, 0.3) is 0 Å². The number of rotatable bonds is 5. The van der Waals surface area contributed by atoms with Crippen LogP contribution in [0.5, 0.6) is 0 Å². The summed E-state index contributed by atoms with van der Waals surface area (Å²) in [5, 5.41) is 31.9. The first kappa shape index (κ1) is 16.7. The molecule has 0 spiro atoms. The number of aliphatic hydroxyl groups excluding tert-OH is 3. The highest BCUT2D eigenvalue weighted by Gasteiger charge is 2.46. The zero-order valence-corrected chi connectivity index (χ0v) is 11.5. The van der Waals surface area contributed by atoms with E-state index < -0.39 is 37.2 Å². The van der Waals surface area contributed by atoms with Crippen LogP contribution in [0.15, 0.2) is 11.8 Å². The van der Waals surface area contributed by atoms with Crippen molar-refractivity contribution in [2.24, 2.45) is 0 Å². The van der Waals surface area contributed by atoms with E-state index in [1.54, 1.807) is 0 Å². The van der Waals surface area contributed by atoms with Crippen LogP contribution < -0.4 is 5.32 Å². The summed E-state index contributed by atoms with van der Waals surface area (Å²) >= 11 is 4.61. The Morgan fingerprint density at radius 3 is 2.50 bits per heavy atom. The number of aliphatic hydroxyl groups is 3. The molecule has 0 unspecified atom stereocenters. The molecule has 4 N–H and O–H groups in total. The van der Waals surface area contributed by atoms with Crippen molar-refractivity contribution in [1.29, 1.82) is 0 Å². The third kappa shape index (κ3) is 3.38. The fourth-order valence-corrected chi connectivity index (χ4v) is 1.85. The van der Waals surface area contributed by atoms with E-state index in [0.717, 1.165) is 16.5 Å². The number of hydrogen-bond donors (Lipinski definition) is 4. The Morgan fingerprint density at radius 2 is 2.10 bits per heavy atom. The van der Waals surface area contributed by atoms with E-state index in [0.29, 0.717) is 6.29 Å². The predicted molar refractivity (Wildman–Crippen MR) is 71.9 cm³/mol. The molecule has 1 aliphatic heterocycles. The molecule has 9 heteroatoms. The summed E-state index contributed by atoms with van der Waals surface area (Å²) in [5.41, 5.74) is 0.0151. The molecule has 1 saturated heterocycles. The van der Waals surface area contributed by atoms with Crippen LogP contribution in [-0.2, 0) is 9.53 Å². The smallest absolute Gasteiger partial charge is 0.323 e. The number of allylic oxidation sites excluding steroid dienone is 1. The third-order valence-electron chi connectivity index (χ3n) is 2.80. The highest BCUT2D eigenvalue weighted by molar-refractivity contribution is 7.79. The van der Waals surface area contributed by atoms with Gasteiger partial charge in [0, 0.05) is 24.2 Å². The number of carbonyl (C=O) groups is 2. The second-order valence-corrected chi connectivity index (χ2v) is 4.29. The maximum absolute atomic E-state index is 11.8. The van der Waals surface area contributed by atoms with Gasteiger partial charge in [-0.1, -0.05) is 12.2 Å². The van der Waals surface area contributed by atoms with E-state index in [1.165, 1.54) is 7.05 Å². The summed E-state index contributed by atoms with van der Waals surface area (Å²) < 4.78 is 5.22. The second-order valence-electron chi connectivity index (χ2n) is 4.06. The summed E-state index contributed by atoms with van der Waals surface area (Å²) in [6.45, 7) is -0.520. The second kappa shape index (κ2) is 7.41. The minimum atomic E-state index is -1.43. The topological polar surface area (TPSA) is 119 Å². The van der Waals surface area contributed by atoms with E-state index >= 15 is 0 Å². The number of aldehydes is 1. The molecule has 1 fully saturated rings. The van der Waals surface area contributed by atoms with Crippen molar-refractivity contribution in [1.82, 2.24) is 10.2 Å². The van der Waals surface area contributed by atoms with Gasteiger partial charge in [0.05, 0.1) is 6.61 Å². The molecule has 0 bridgehead atoms. The van der Waals surface area contributed by atoms with Crippen LogP contribution in [0.1, 0.15) is 0 Å². The molecule has 1 aliphatic rings. The largest absolute Gasteiger partial charge is 0.394 e. The lowest BCUT2D eigenvalue weighted by Gasteiger charge is -2.27. The summed E-state index contributed by atoms with van der Waals surface area (Å²) in [5.74, 6) is 0. The van der Waals surface area contributed by atoms with Gasteiger partial charge in [0.2, 0.25) is 0 Å². The molecule has 8 nitrogen and oxygen atoms in total. The molecule has 0 aromatic rings. The molecule has 0 aromatic carbocycles. The van der Waals surface area contributed by atoms with E-state index in [2.05, 4.69) is 17.5 Å². The van der Waals surface area contributed by atoms with Crippen LogP contribution >= 0.6 is 12.2 Å². The number of hydrogen-bond acceptors (Lipinski definition) is 7. The highest BCUT2D eigenvalue weighted by Crippen LogP contribution is 2.24. The normalized spacial score (nSPS) is 29.9. The molecule has 112 valence electrons. The maximum Gasteiger partial charge on any atom is 0.323 e. The van der Waals surface area contributed by atoms with Gasteiger partial charge in [0.25, 0.3) is 0 Å². The minimum Gasteiger partial charge on any atom is -0.394 e. The van der Waals surface area contributed by atoms with Crippen molar-refractivity contribution in [2.45, 2.75) is 24.5 Å². The lowest BCUT2D eigenvalue weighted by molar-refractivity contribution is -0.104. The van der Waals surface area contributed by atoms with Gasteiger partial charge in [-0.25, -0.2) is 4.79 Å². The number of ether oxygens (including phenoxy) is 1. The molecular weight excluding hydrogens is 288 g/mol. The van der Waals surface area contributed by atoms with E-state index in [9.17, 15) is 19.8 Å². The van der Waals surface area contributed by atoms with E-state index in [4.69, 9.17) is 9.84 Å². The number of carbonyl (C=O) groups excluding carboxylic acids is 2. The Bertz CT molecular complexity index is 406. The first-order chi connectivity index (χ1) is 9.49. The summed E-state index contributed by atoms with van der Waals surface area (Å²) in [6.07, 6.45) is -3.52. The zero-order valence-electron chi connectivity index (χ0n) is 10.7. The summed E-state index contributed by atoms with van der Waals surface area (Å²) in [7, 11) is 1.35. The van der Waals surface area contributed by atoms with Crippen LogP contribution in [0.3, 0.4) is 0 Å². The number of nitrogens with one attached hydrogen (secondary N) is 1. The molecular formula is C11H16N2O6S. The molecule has 20 heavy (non-hydrogen) atoms. The molecule has 0 aromatic heterocycles. The molecule has 0 saturated carbocycles. The first-order valence-corrected chi connectivity index (χ1v) is 6.22. The molecule has 1 rings (SSSR count). The fraction of sp³-hybridized carbons (Fsp3) is 0.545. The zero-order chi connectivity index (χ0) is 15.3. The number of amides is 2.